The number of aryl methyl sites for hydroxylation is 2. The largest absolute Gasteiger partial charge is 0.436 e. The van der Waals surface area contributed by atoms with Crippen LogP contribution in [-0.2, 0) is 0 Å². The molecule has 7 heteroatoms. The molecule has 0 saturated heterocycles. The Bertz CT molecular complexity index is 1390. The van der Waals surface area contributed by atoms with Gasteiger partial charge in [-0.15, -0.1) is 0 Å². The molecular formula is C22H16N4O2S. The van der Waals surface area contributed by atoms with Crippen LogP contribution in [-0.4, -0.2) is 19.6 Å². The molecule has 0 bridgehead atoms. The molecule has 0 unspecified atom stereocenters. The van der Waals surface area contributed by atoms with E-state index in [1.54, 1.807) is 18.2 Å². The highest BCUT2D eigenvalue weighted by molar-refractivity contribution is 7.00. The van der Waals surface area contributed by atoms with Gasteiger partial charge in [0, 0.05) is 16.8 Å². The number of benzene rings is 3. The highest BCUT2D eigenvalue weighted by atomic mass is 32.1. The maximum atomic E-state index is 12.7. The molecule has 6 nitrogen and oxygen atoms in total. The summed E-state index contributed by atoms with van der Waals surface area (Å²) in [5, 5.41) is 2.93. The second-order valence-electron chi connectivity index (χ2n) is 6.95. The third-order valence-electron chi connectivity index (χ3n) is 4.70. The minimum absolute atomic E-state index is 0.207. The molecule has 2 heterocycles. The Morgan fingerprint density at radius 2 is 1.83 bits per heavy atom. The third-order valence-corrected chi connectivity index (χ3v) is 5.26. The van der Waals surface area contributed by atoms with Crippen LogP contribution >= 0.6 is 11.7 Å². The topological polar surface area (TPSA) is 80.9 Å². The van der Waals surface area contributed by atoms with E-state index < -0.39 is 0 Å². The van der Waals surface area contributed by atoms with Crippen LogP contribution in [0.3, 0.4) is 0 Å². The second kappa shape index (κ2) is 6.79. The van der Waals surface area contributed by atoms with E-state index in [1.165, 1.54) is 0 Å². The Labute approximate surface area is 170 Å². The Morgan fingerprint density at radius 3 is 2.72 bits per heavy atom. The van der Waals surface area contributed by atoms with Crippen molar-refractivity contribution in [2.24, 2.45) is 0 Å². The standard InChI is InChI=1S/C22H16N4O2S/c1-12-8-13(2)20-19(9-12)24-22(28-20)15-4-3-5-16(10-15)23-21(27)14-6-7-17-18(11-14)26-29-25-17/h3-11H,1-2H3,(H,23,27). The number of carbonyl (C=O) groups is 1. The normalized spacial score (nSPS) is 11.2. The van der Waals surface area contributed by atoms with Crippen LogP contribution in [0.2, 0.25) is 0 Å². The number of oxazole rings is 1. The first kappa shape index (κ1) is 17.5. The summed E-state index contributed by atoms with van der Waals surface area (Å²) < 4.78 is 14.3. The molecule has 0 aliphatic heterocycles. The molecule has 0 aliphatic carbocycles. The van der Waals surface area contributed by atoms with E-state index in [1.807, 2.05) is 44.2 Å². The summed E-state index contributed by atoms with van der Waals surface area (Å²) in [6.07, 6.45) is 0. The fraction of sp³-hybridized carbons (Fsp3) is 0.0909. The summed E-state index contributed by atoms with van der Waals surface area (Å²) in [7, 11) is 0. The quantitative estimate of drug-likeness (QED) is 0.440. The zero-order valence-corrected chi connectivity index (χ0v) is 16.6. The summed E-state index contributed by atoms with van der Waals surface area (Å²) >= 11 is 1.13. The summed E-state index contributed by atoms with van der Waals surface area (Å²) in [6, 6.07) is 16.8. The van der Waals surface area contributed by atoms with E-state index in [4.69, 9.17) is 4.42 Å². The predicted octanol–water partition coefficient (Wildman–Crippen LogP) is 5.37. The van der Waals surface area contributed by atoms with Crippen molar-refractivity contribution in [3.63, 3.8) is 0 Å². The highest BCUT2D eigenvalue weighted by Gasteiger charge is 2.13. The van der Waals surface area contributed by atoms with Crippen LogP contribution in [0.4, 0.5) is 5.69 Å². The van der Waals surface area contributed by atoms with E-state index in [0.29, 0.717) is 22.7 Å². The van der Waals surface area contributed by atoms with Gasteiger partial charge in [0.2, 0.25) is 5.89 Å². The van der Waals surface area contributed by atoms with E-state index >= 15 is 0 Å². The number of amides is 1. The minimum Gasteiger partial charge on any atom is -0.436 e. The van der Waals surface area contributed by atoms with Crippen molar-refractivity contribution in [1.29, 1.82) is 0 Å². The predicted molar refractivity (Wildman–Crippen MR) is 114 cm³/mol. The maximum absolute atomic E-state index is 12.7. The van der Waals surface area contributed by atoms with Crippen molar-refractivity contribution in [1.82, 2.24) is 13.7 Å². The molecule has 0 atom stereocenters. The molecule has 0 saturated carbocycles. The fourth-order valence-electron chi connectivity index (χ4n) is 3.36. The Hall–Kier alpha value is -3.58. The molecule has 1 amide bonds. The minimum atomic E-state index is -0.207. The van der Waals surface area contributed by atoms with Crippen molar-refractivity contribution in [2.45, 2.75) is 13.8 Å². The van der Waals surface area contributed by atoms with Gasteiger partial charge in [-0.05, 0) is 67.4 Å². The zero-order valence-electron chi connectivity index (χ0n) is 15.8. The molecule has 0 spiro atoms. The van der Waals surface area contributed by atoms with Gasteiger partial charge < -0.3 is 9.73 Å². The van der Waals surface area contributed by atoms with E-state index in [9.17, 15) is 4.79 Å². The summed E-state index contributed by atoms with van der Waals surface area (Å²) in [6.45, 7) is 4.05. The lowest BCUT2D eigenvalue weighted by Gasteiger charge is -2.06. The van der Waals surface area contributed by atoms with Crippen LogP contribution in [0.5, 0.6) is 0 Å². The maximum Gasteiger partial charge on any atom is 0.255 e. The molecule has 3 aromatic carbocycles. The molecule has 5 rings (SSSR count). The number of aromatic nitrogens is 3. The van der Waals surface area contributed by atoms with Gasteiger partial charge in [-0.25, -0.2) is 4.98 Å². The summed E-state index contributed by atoms with van der Waals surface area (Å²) in [5.41, 5.74) is 7.31. The Kier molecular flexibility index (Phi) is 4.10. The van der Waals surface area contributed by atoms with Crippen molar-refractivity contribution < 1.29 is 9.21 Å². The first-order chi connectivity index (χ1) is 14.1. The average molecular weight is 400 g/mol. The second-order valence-corrected chi connectivity index (χ2v) is 7.48. The van der Waals surface area contributed by atoms with E-state index in [2.05, 4.69) is 25.1 Å². The lowest BCUT2D eigenvalue weighted by Crippen LogP contribution is -2.11. The molecule has 0 fully saturated rings. The highest BCUT2D eigenvalue weighted by Crippen LogP contribution is 2.29. The first-order valence-electron chi connectivity index (χ1n) is 9.09. The first-order valence-corrected chi connectivity index (χ1v) is 9.82. The van der Waals surface area contributed by atoms with Gasteiger partial charge in [0.15, 0.2) is 5.58 Å². The van der Waals surface area contributed by atoms with Crippen LogP contribution in [0.25, 0.3) is 33.6 Å². The smallest absolute Gasteiger partial charge is 0.255 e. The van der Waals surface area contributed by atoms with Gasteiger partial charge >= 0.3 is 0 Å². The van der Waals surface area contributed by atoms with Crippen molar-refractivity contribution >= 4 is 45.5 Å². The van der Waals surface area contributed by atoms with Crippen LogP contribution in [0, 0.1) is 13.8 Å². The molecular weight excluding hydrogens is 384 g/mol. The van der Waals surface area contributed by atoms with Crippen molar-refractivity contribution in [2.75, 3.05) is 5.32 Å². The van der Waals surface area contributed by atoms with Crippen LogP contribution < -0.4 is 5.32 Å². The lowest BCUT2D eigenvalue weighted by molar-refractivity contribution is 0.102. The number of hydrogen-bond acceptors (Lipinski definition) is 6. The van der Waals surface area contributed by atoms with E-state index in [0.717, 1.165) is 45.0 Å². The summed E-state index contributed by atoms with van der Waals surface area (Å²) in [4.78, 5) is 17.3. The lowest BCUT2D eigenvalue weighted by atomic mass is 10.1. The monoisotopic (exact) mass is 400 g/mol. The van der Waals surface area contributed by atoms with E-state index in [-0.39, 0.29) is 5.91 Å². The molecule has 0 aliphatic rings. The van der Waals surface area contributed by atoms with Crippen molar-refractivity contribution in [3.8, 4) is 11.5 Å². The Balaban J connectivity index is 1.45. The molecule has 2 aromatic heterocycles. The number of hydrogen-bond donors (Lipinski definition) is 1. The van der Waals surface area contributed by atoms with Crippen LogP contribution in [0.1, 0.15) is 21.5 Å². The molecule has 142 valence electrons. The van der Waals surface area contributed by atoms with Gasteiger partial charge in [-0.1, -0.05) is 12.1 Å². The fourth-order valence-corrected chi connectivity index (χ4v) is 3.87. The third kappa shape index (κ3) is 3.25. The average Bonchev–Trinajstić information content (AvgIpc) is 3.34. The summed E-state index contributed by atoms with van der Waals surface area (Å²) in [5.74, 6) is 0.320. The number of anilines is 1. The zero-order chi connectivity index (χ0) is 20.0. The van der Waals surface area contributed by atoms with Gasteiger partial charge in [-0.2, -0.15) is 8.75 Å². The Morgan fingerprint density at radius 1 is 0.966 bits per heavy atom. The molecule has 29 heavy (non-hydrogen) atoms. The number of nitrogens with zero attached hydrogens (tertiary/aromatic N) is 3. The SMILES string of the molecule is Cc1cc(C)c2oc(-c3cccc(NC(=O)c4ccc5nsnc5c4)c3)nc2c1. The number of nitrogens with one attached hydrogen (secondary N) is 1. The van der Waals surface area contributed by atoms with Gasteiger partial charge in [0.05, 0.1) is 11.7 Å². The number of carbonyl (C=O) groups excluding carboxylic acids is 1. The van der Waals surface area contributed by atoms with Gasteiger partial charge in [-0.3, -0.25) is 4.79 Å². The molecule has 1 N–H and O–H groups in total. The molecule has 5 aromatic rings. The van der Waals surface area contributed by atoms with Gasteiger partial charge in [0.25, 0.3) is 5.91 Å². The number of fused-ring (bicyclic) bond motifs is 2. The number of rotatable bonds is 3. The van der Waals surface area contributed by atoms with Gasteiger partial charge in [0.1, 0.15) is 16.6 Å². The van der Waals surface area contributed by atoms with Crippen LogP contribution in [0.15, 0.2) is 59.0 Å². The van der Waals surface area contributed by atoms with Crippen molar-refractivity contribution in [3.05, 3.63) is 71.3 Å². The molecule has 0 radical (unpaired) electrons.